The minimum atomic E-state index is 0.639. The second-order valence-corrected chi connectivity index (χ2v) is 5.79. The minimum absolute atomic E-state index is 0.639. The number of nitrogens with zero attached hydrogens (tertiary/aromatic N) is 2. The number of hydrogen-bond acceptors (Lipinski definition) is 4. The van der Waals surface area contributed by atoms with Crippen LogP contribution in [-0.2, 0) is 0 Å². The molecule has 2 aromatic heterocycles. The van der Waals surface area contributed by atoms with Gasteiger partial charge in [-0.1, -0.05) is 6.07 Å². The van der Waals surface area contributed by atoms with Crippen LogP contribution in [0, 0.1) is 27.7 Å². The van der Waals surface area contributed by atoms with E-state index in [9.17, 15) is 0 Å². The van der Waals surface area contributed by atoms with Gasteiger partial charge in [0.15, 0.2) is 17.1 Å². The number of benzene rings is 2. The third kappa shape index (κ3) is 1.91. The second kappa shape index (κ2) is 4.44. The number of aromatic nitrogens is 2. The van der Waals surface area contributed by atoms with Crippen LogP contribution in [0.1, 0.15) is 22.6 Å². The summed E-state index contributed by atoms with van der Waals surface area (Å²) in [5, 5.41) is 0. The Bertz CT molecular complexity index is 974. The fraction of sp³-hybridized carbons (Fsp3) is 0.222. The van der Waals surface area contributed by atoms with Gasteiger partial charge >= 0.3 is 0 Å². The second-order valence-electron chi connectivity index (χ2n) is 5.79. The third-order valence-electron chi connectivity index (χ3n) is 4.08. The molecule has 0 aliphatic rings. The molecule has 0 atom stereocenters. The van der Waals surface area contributed by atoms with Gasteiger partial charge in [-0.2, -0.15) is 0 Å². The summed E-state index contributed by atoms with van der Waals surface area (Å²) >= 11 is 0. The quantitative estimate of drug-likeness (QED) is 0.502. The van der Waals surface area contributed by atoms with E-state index in [2.05, 4.69) is 42.9 Å². The first-order chi connectivity index (χ1) is 10.5. The summed E-state index contributed by atoms with van der Waals surface area (Å²) in [4.78, 5) is 8.97. The monoisotopic (exact) mass is 292 g/mol. The zero-order valence-corrected chi connectivity index (χ0v) is 13.0. The van der Waals surface area contributed by atoms with Crippen LogP contribution < -0.4 is 0 Å². The Morgan fingerprint density at radius 3 is 2.18 bits per heavy atom. The Labute approximate surface area is 127 Å². The average molecular weight is 292 g/mol. The maximum atomic E-state index is 5.95. The van der Waals surface area contributed by atoms with Gasteiger partial charge in [0.25, 0.3) is 0 Å². The number of rotatable bonds is 1. The van der Waals surface area contributed by atoms with Crippen molar-refractivity contribution < 1.29 is 8.83 Å². The molecule has 110 valence electrons. The molecule has 0 bridgehead atoms. The molecule has 2 aromatic carbocycles. The van der Waals surface area contributed by atoms with E-state index in [0.29, 0.717) is 11.8 Å². The molecular formula is C18H16N2O2. The van der Waals surface area contributed by atoms with Crippen molar-refractivity contribution in [3.8, 4) is 11.5 Å². The molecule has 0 radical (unpaired) electrons. The van der Waals surface area contributed by atoms with Gasteiger partial charge < -0.3 is 8.83 Å². The van der Waals surface area contributed by atoms with E-state index in [-0.39, 0.29) is 0 Å². The molecule has 0 saturated carbocycles. The lowest BCUT2D eigenvalue weighted by Crippen LogP contribution is -1.88. The molecule has 0 spiro atoms. The van der Waals surface area contributed by atoms with Gasteiger partial charge in [0.05, 0.1) is 0 Å². The van der Waals surface area contributed by atoms with Crippen molar-refractivity contribution in [2.24, 2.45) is 0 Å². The maximum Gasteiger partial charge on any atom is 0.227 e. The smallest absolute Gasteiger partial charge is 0.227 e. The predicted molar refractivity (Wildman–Crippen MR) is 86.0 cm³/mol. The van der Waals surface area contributed by atoms with Crippen LogP contribution in [0.2, 0.25) is 0 Å². The SMILES string of the molecule is Cc1nc2cc3nc(-c4cc(C)c(C)cc4C)oc3cc2o1. The molecule has 0 aliphatic carbocycles. The largest absolute Gasteiger partial charge is 0.441 e. The lowest BCUT2D eigenvalue weighted by molar-refractivity contribution is 0.560. The normalized spacial score (nSPS) is 11.6. The summed E-state index contributed by atoms with van der Waals surface area (Å²) in [7, 11) is 0. The van der Waals surface area contributed by atoms with Crippen LogP contribution in [0.25, 0.3) is 33.7 Å². The summed E-state index contributed by atoms with van der Waals surface area (Å²) in [5.41, 5.74) is 7.74. The number of fused-ring (bicyclic) bond motifs is 2. The number of hydrogen-bond donors (Lipinski definition) is 0. The van der Waals surface area contributed by atoms with Gasteiger partial charge in [0, 0.05) is 18.6 Å². The summed E-state index contributed by atoms with van der Waals surface area (Å²) < 4.78 is 11.5. The fourth-order valence-corrected chi connectivity index (χ4v) is 2.77. The molecule has 4 rings (SSSR count). The van der Waals surface area contributed by atoms with E-state index >= 15 is 0 Å². The first kappa shape index (κ1) is 13.1. The standard InChI is InChI=1S/C18H16N2O2/c1-9-5-11(3)13(6-10(9)2)18-20-15-7-14-16(8-17(15)22-18)21-12(4)19-14/h5-8H,1-4H3. The molecule has 22 heavy (non-hydrogen) atoms. The average Bonchev–Trinajstić information content (AvgIpc) is 3.01. The molecule has 2 heterocycles. The molecule has 0 N–H and O–H groups in total. The zero-order chi connectivity index (χ0) is 15.4. The molecule has 4 heteroatoms. The van der Waals surface area contributed by atoms with Crippen LogP contribution in [-0.4, -0.2) is 9.97 Å². The van der Waals surface area contributed by atoms with Gasteiger partial charge in [-0.05, 0) is 49.6 Å². The molecule has 4 nitrogen and oxygen atoms in total. The Hall–Kier alpha value is -2.62. The highest BCUT2D eigenvalue weighted by Crippen LogP contribution is 2.31. The highest BCUT2D eigenvalue weighted by molar-refractivity contribution is 5.90. The molecule has 0 unspecified atom stereocenters. The first-order valence-corrected chi connectivity index (χ1v) is 7.27. The van der Waals surface area contributed by atoms with Gasteiger partial charge in [-0.15, -0.1) is 0 Å². The lowest BCUT2D eigenvalue weighted by atomic mass is 10.0. The molecule has 0 fully saturated rings. The predicted octanol–water partition coefficient (Wildman–Crippen LogP) is 4.87. The Morgan fingerprint density at radius 1 is 0.682 bits per heavy atom. The Kier molecular flexibility index (Phi) is 2.64. The zero-order valence-electron chi connectivity index (χ0n) is 13.0. The van der Waals surface area contributed by atoms with E-state index in [1.165, 1.54) is 11.1 Å². The van der Waals surface area contributed by atoms with Crippen molar-refractivity contribution in [1.29, 1.82) is 0 Å². The molecular weight excluding hydrogens is 276 g/mol. The summed E-state index contributed by atoms with van der Waals surface area (Å²) in [6.07, 6.45) is 0. The van der Waals surface area contributed by atoms with E-state index < -0.39 is 0 Å². The van der Waals surface area contributed by atoms with Crippen LogP contribution in [0.15, 0.2) is 33.1 Å². The van der Waals surface area contributed by atoms with Gasteiger partial charge in [-0.25, -0.2) is 9.97 Å². The maximum absolute atomic E-state index is 5.95. The molecule has 0 amide bonds. The summed E-state index contributed by atoms with van der Waals surface area (Å²) in [6.45, 7) is 8.12. The van der Waals surface area contributed by atoms with Crippen LogP contribution >= 0.6 is 0 Å². The van der Waals surface area contributed by atoms with Crippen LogP contribution in [0.5, 0.6) is 0 Å². The molecule has 0 aliphatic heterocycles. The number of aryl methyl sites for hydroxylation is 4. The highest BCUT2D eigenvalue weighted by atomic mass is 16.4. The summed E-state index contributed by atoms with van der Waals surface area (Å²) in [5.74, 6) is 1.29. The van der Waals surface area contributed by atoms with E-state index in [1.807, 2.05) is 19.1 Å². The first-order valence-electron chi connectivity index (χ1n) is 7.27. The van der Waals surface area contributed by atoms with E-state index in [1.54, 1.807) is 0 Å². The Morgan fingerprint density at radius 2 is 1.36 bits per heavy atom. The van der Waals surface area contributed by atoms with Crippen molar-refractivity contribution in [2.75, 3.05) is 0 Å². The number of oxazole rings is 2. The van der Waals surface area contributed by atoms with Crippen molar-refractivity contribution in [2.45, 2.75) is 27.7 Å². The highest BCUT2D eigenvalue weighted by Gasteiger charge is 2.14. The Balaban J connectivity index is 1.94. The van der Waals surface area contributed by atoms with Crippen molar-refractivity contribution in [3.05, 3.63) is 46.8 Å². The molecule has 4 aromatic rings. The topological polar surface area (TPSA) is 52.1 Å². The van der Waals surface area contributed by atoms with E-state index in [0.717, 1.165) is 33.3 Å². The van der Waals surface area contributed by atoms with Gasteiger partial charge in [-0.3, -0.25) is 0 Å². The van der Waals surface area contributed by atoms with Crippen LogP contribution in [0.4, 0.5) is 0 Å². The van der Waals surface area contributed by atoms with Crippen LogP contribution in [0.3, 0.4) is 0 Å². The third-order valence-corrected chi connectivity index (χ3v) is 4.08. The summed E-state index contributed by atoms with van der Waals surface area (Å²) in [6, 6.07) is 8.06. The minimum Gasteiger partial charge on any atom is -0.441 e. The van der Waals surface area contributed by atoms with Gasteiger partial charge in [0.1, 0.15) is 11.0 Å². The fourth-order valence-electron chi connectivity index (χ4n) is 2.77. The molecule has 0 saturated heterocycles. The lowest BCUT2D eigenvalue weighted by Gasteiger charge is -2.06. The van der Waals surface area contributed by atoms with E-state index in [4.69, 9.17) is 8.83 Å². The van der Waals surface area contributed by atoms with Gasteiger partial charge in [0.2, 0.25) is 5.89 Å². The van der Waals surface area contributed by atoms with Crippen molar-refractivity contribution in [3.63, 3.8) is 0 Å². The van der Waals surface area contributed by atoms with Crippen molar-refractivity contribution in [1.82, 2.24) is 9.97 Å². The van der Waals surface area contributed by atoms with Crippen molar-refractivity contribution >= 4 is 22.2 Å².